The van der Waals surface area contributed by atoms with Gasteiger partial charge in [0.05, 0.1) is 5.75 Å². The molecule has 4 heteroatoms. The lowest BCUT2D eigenvalue weighted by Gasteiger charge is -2.14. The van der Waals surface area contributed by atoms with Crippen molar-refractivity contribution in [1.29, 1.82) is 0 Å². The van der Waals surface area contributed by atoms with Crippen molar-refractivity contribution in [1.82, 2.24) is 0 Å². The van der Waals surface area contributed by atoms with E-state index in [1.165, 1.54) is 6.26 Å². The monoisotopic (exact) mass is 227 g/mol. The smallest absolute Gasteiger partial charge is 0.148 e. The Morgan fingerprint density at radius 3 is 2.53 bits per heavy atom. The average Bonchev–Trinajstić information content (AvgIpc) is 2.13. The van der Waals surface area contributed by atoms with Crippen LogP contribution in [-0.2, 0) is 9.84 Å². The van der Waals surface area contributed by atoms with Gasteiger partial charge in [0, 0.05) is 18.7 Å². The lowest BCUT2D eigenvalue weighted by molar-refractivity contribution is 0.593. The highest BCUT2D eigenvalue weighted by atomic mass is 32.2. The third-order valence-corrected chi connectivity index (χ3v) is 3.31. The Balaban J connectivity index is 2.93. The second kappa shape index (κ2) is 4.77. The second-order valence-electron chi connectivity index (χ2n) is 3.94. The predicted molar refractivity (Wildman–Crippen MR) is 62.7 cm³/mol. The van der Waals surface area contributed by atoms with Gasteiger partial charge in [-0.15, -0.1) is 0 Å². The first-order valence-electron chi connectivity index (χ1n) is 4.87. The maximum atomic E-state index is 11.2. The minimum atomic E-state index is -2.98. The molecule has 0 saturated carbocycles. The molecule has 0 amide bonds. The molecule has 0 radical (unpaired) electrons. The van der Waals surface area contributed by atoms with Crippen LogP contribution in [0.3, 0.4) is 0 Å². The van der Waals surface area contributed by atoms with Gasteiger partial charge in [-0.05, 0) is 12.5 Å². The van der Waals surface area contributed by atoms with Crippen LogP contribution in [0.15, 0.2) is 24.3 Å². The summed E-state index contributed by atoms with van der Waals surface area (Å²) in [6.45, 7) is 2.34. The number of aryl methyl sites for hydroxylation is 1. The summed E-state index contributed by atoms with van der Waals surface area (Å²) in [6.07, 6.45) is 1.24. The van der Waals surface area contributed by atoms with Crippen molar-refractivity contribution in [2.75, 3.05) is 18.6 Å². The van der Waals surface area contributed by atoms with Crippen molar-refractivity contribution < 1.29 is 8.42 Å². The molecule has 0 heterocycles. The van der Waals surface area contributed by atoms with Crippen molar-refractivity contribution in [3.05, 3.63) is 35.4 Å². The Bertz CT molecular complexity index is 426. The van der Waals surface area contributed by atoms with Crippen LogP contribution in [0.4, 0.5) is 0 Å². The molecule has 15 heavy (non-hydrogen) atoms. The van der Waals surface area contributed by atoms with E-state index in [4.69, 9.17) is 5.73 Å². The summed E-state index contributed by atoms with van der Waals surface area (Å²) in [5.41, 5.74) is 7.72. The van der Waals surface area contributed by atoms with E-state index in [0.29, 0.717) is 6.54 Å². The van der Waals surface area contributed by atoms with Crippen LogP contribution in [0.2, 0.25) is 0 Å². The molecule has 0 spiro atoms. The van der Waals surface area contributed by atoms with Crippen LogP contribution in [0.1, 0.15) is 17.0 Å². The second-order valence-corrected chi connectivity index (χ2v) is 6.12. The Labute approximate surface area is 91.2 Å². The molecule has 2 N–H and O–H groups in total. The van der Waals surface area contributed by atoms with E-state index in [0.717, 1.165) is 11.1 Å². The van der Waals surface area contributed by atoms with Crippen molar-refractivity contribution in [3.8, 4) is 0 Å². The standard InChI is InChI=1S/C11H17NO2S/c1-9-4-3-5-10(6-9)11(7-12)8-15(2,13)14/h3-6,11H,7-8,12H2,1-2H3. The highest BCUT2D eigenvalue weighted by molar-refractivity contribution is 7.90. The Morgan fingerprint density at radius 2 is 2.07 bits per heavy atom. The molecule has 0 aromatic heterocycles. The number of nitrogens with two attached hydrogens (primary N) is 1. The highest BCUT2D eigenvalue weighted by Gasteiger charge is 2.15. The van der Waals surface area contributed by atoms with Gasteiger partial charge in [0.1, 0.15) is 9.84 Å². The average molecular weight is 227 g/mol. The summed E-state index contributed by atoms with van der Waals surface area (Å²) in [5.74, 6) is 0.0207. The lowest BCUT2D eigenvalue weighted by atomic mass is 9.99. The fourth-order valence-electron chi connectivity index (χ4n) is 1.59. The summed E-state index contributed by atoms with van der Waals surface area (Å²) >= 11 is 0. The van der Waals surface area contributed by atoms with Gasteiger partial charge >= 0.3 is 0 Å². The third-order valence-electron chi connectivity index (χ3n) is 2.30. The van der Waals surface area contributed by atoms with Gasteiger partial charge in [-0.3, -0.25) is 0 Å². The summed E-state index contributed by atoms with van der Waals surface area (Å²) < 4.78 is 22.4. The topological polar surface area (TPSA) is 60.2 Å². The first-order chi connectivity index (χ1) is 6.92. The highest BCUT2D eigenvalue weighted by Crippen LogP contribution is 2.17. The molecule has 1 aromatic rings. The molecule has 1 rings (SSSR count). The van der Waals surface area contributed by atoms with Gasteiger partial charge < -0.3 is 5.73 Å². The van der Waals surface area contributed by atoms with Crippen molar-refractivity contribution in [2.24, 2.45) is 5.73 Å². The van der Waals surface area contributed by atoms with E-state index < -0.39 is 9.84 Å². The molecule has 0 aliphatic heterocycles. The van der Waals surface area contributed by atoms with Crippen LogP contribution in [0.5, 0.6) is 0 Å². The molecule has 1 atom stereocenters. The fraction of sp³-hybridized carbons (Fsp3) is 0.455. The van der Waals surface area contributed by atoms with E-state index in [1.54, 1.807) is 0 Å². The lowest BCUT2D eigenvalue weighted by Crippen LogP contribution is -2.21. The van der Waals surface area contributed by atoms with Gasteiger partial charge in [0.2, 0.25) is 0 Å². The van der Waals surface area contributed by atoms with Gasteiger partial charge in [-0.2, -0.15) is 0 Å². The maximum Gasteiger partial charge on any atom is 0.148 e. The van der Waals surface area contributed by atoms with E-state index in [1.807, 2.05) is 31.2 Å². The van der Waals surface area contributed by atoms with Crippen molar-refractivity contribution >= 4 is 9.84 Å². The van der Waals surface area contributed by atoms with Crippen molar-refractivity contribution in [2.45, 2.75) is 12.8 Å². The molecule has 84 valence electrons. The zero-order chi connectivity index (χ0) is 11.5. The molecule has 0 bridgehead atoms. The first-order valence-corrected chi connectivity index (χ1v) is 6.93. The zero-order valence-electron chi connectivity index (χ0n) is 9.10. The van der Waals surface area contributed by atoms with Crippen LogP contribution in [-0.4, -0.2) is 27.0 Å². The van der Waals surface area contributed by atoms with E-state index >= 15 is 0 Å². The van der Waals surface area contributed by atoms with Gasteiger partial charge in [0.25, 0.3) is 0 Å². The summed E-state index contributed by atoms with van der Waals surface area (Å²) in [7, 11) is -2.98. The number of sulfone groups is 1. The Morgan fingerprint density at radius 1 is 1.40 bits per heavy atom. The SMILES string of the molecule is Cc1cccc(C(CN)CS(C)(=O)=O)c1. The maximum absolute atomic E-state index is 11.2. The molecule has 0 aliphatic carbocycles. The minimum absolute atomic E-state index is 0.0973. The van der Waals surface area contributed by atoms with Crippen LogP contribution in [0, 0.1) is 6.92 Å². The van der Waals surface area contributed by atoms with Crippen molar-refractivity contribution in [3.63, 3.8) is 0 Å². The minimum Gasteiger partial charge on any atom is -0.330 e. The van der Waals surface area contributed by atoms with Crippen LogP contribution >= 0.6 is 0 Å². The fourth-order valence-corrected chi connectivity index (χ4v) is 2.65. The first kappa shape index (κ1) is 12.2. The third kappa shape index (κ3) is 4.01. The molecule has 0 saturated heterocycles. The van der Waals surface area contributed by atoms with E-state index in [9.17, 15) is 8.42 Å². The zero-order valence-corrected chi connectivity index (χ0v) is 9.92. The van der Waals surface area contributed by atoms with Crippen LogP contribution in [0.25, 0.3) is 0 Å². The Kier molecular flexibility index (Phi) is 3.88. The predicted octanol–water partition coefficient (Wildman–Crippen LogP) is 1.08. The Hall–Kier alpha value is -0.870. The van der Waals surface area contributed by atoms with E-state index in [-0.39, 0.29) is 11.7 Å². The largest absolute Gasteiger partial charge is 0.330 e. The number of benzene rings is 1. The molecular weight excluding hydrogens is 210 g/mol. The van der Waals surface area contributed by atoms with Gasteiger partial charge in [-0.1, -0.05) is 29.8 Å². The molecule has 3 nitrogen and oxygen atoms in total. The van der Waals surface area contributed by atoms with Gasteiger partial charge in [0.15, 0.2) is 0 Å². The normalized spacial score (nSPS) is 13.8. The quantitative estimate of drug-likeness (QED) is 0.837. The molecule has 1 unspecified atom stereocenters. The van der Waals surface area contributed by atoms with E-state index in [2.05, 4.69) is 0 Å². The molecule has 0 fully saturated rings. The molecule has 0 aliphatic rings. The number of hydrogen-bond acceptors (Lipinski definition) is 3. The summed E-state index contributed by atoms with van der Waals surface area (Å²) in [5, 5.41) is 0. The number of rotatable bonds is 4. The van der Waals surface area contributed by atoms with Gasteiger partial charge in [-0.25, -0.2) is 8.42 Å². The number of hydrogen-bond donors (Lipinski definition) is 1. The molecule has 1 aromatic carbocycles. The molecular formula is C11H17NO2S. The summed E-state index contributed by atoms with van der Waals surface area (Å²) in [6, 6.07) is 7.82. The van der Waals surface area contributed by atoms with Crippen LogP contribution < -0.4 is 5.73 Å². The summed E-state index contributed by atoms with van der Waals surface area (Å²) in [4.78, 5) is 0.